The molecule has 0 aliphatic heterocycles. The van der Waals surface area contributed by atoms with Crippen molar-refractivity contribution in [2.75, 3.05) is 4.90 Å². The van der Waals surface area contributed by atoms with E-state index >= 15 is 0 Å². The summed E-state index contributed by atoms with van der Waals surface area (Å²) in [7, 11) is 0. The molecule has 9 aromatic carbocycles. The predicted molar refractivity (Wildman–Crippen MR) is 228 cm³/mol. The van der Waals surface area contributed by atoms with Gasteiger partial charge in [-0.3, -0.25) is 0 Å². The number of fused-ring (bicyclic) bond motifs is 4. The molecule has 0 fully saturated rings. The zero-order chi connectivity index (χ0) is 35.8. The first-order chi connectivity index (χ1) is 26.8. The van der Waals surface area contributed by atoms with E-state index in [2.05, 4.69) is 217 Å². The van der Waals surface area contributed by atoms with Gasteiger partial charge in [0.25, 0.3) is 0 Å². The predicted octanol–water partition coefficient (Wildman–Crippen LogP) is 14.9. The van der Waals surface area contributed by atoms with Crippen LogP contribution in [0.1, 0.15) is 0 Å². The van der Waals surface area contributed by atoms with E-state index in [-0.39, 0.29) is 0 Å². The normalized spacial score (nSPS) is 11.3. The van der Waals surface area contributed by atoms with E-state index in [1.807, 2.05) is 0 Å². The van der Waals surface area contributed by atoms with Gasteiger partial charge in [0.2, 0.25) is 0 Å². The van der Waals surface area contributed by atoms with Gasteiger partial charge in [-0.05, 0) is 86.6 Å². The first-order valence-electron chi connectivity index (χ1n) is 18.4. The molecule has 0 bridgehead atoms. The molecule has 1 aromatic heterocycles. The van der Waals surface area contributed by atoms with Crippen LogP contribution in [0.2, 0.25) is 0 Å². The summed E-state index contributed by atoms with van der Waals surface area (Å²) in [5, 5.41) is 4.58. The van der Waals surface area contributed by atoms with Gasteiger partial charge in [0.1, 0.15) is 11.2 Å². The molecule has 0 atom stereocenters. The number of para-hydroxylation sites is 2. The standard InChI is InChI=1S/C52H35NO/c1-3-16-36(17-4-1)40-22-15-23-42(35-40)53(48-28-13-11-26-46(48)45-25-10-9-24-43(45)38-19-5-2-6-20-38)49-33-32-44(41-31-30-37-18-7-8-21-39(37)34-41)52-51(49)47-27-12-14-29-50(47)54-52/h1-35H. The third-order valence-corrected chi connectivity index (χ3v) is 10.5. The summed E-state index contributed by atoms with van der Waals surface area (Å²) in [6, 6.07) is 75.8. The first-order valence-corrected chi connectivity index (χ1v) is 18.4. The van der Waals surface area contributed by atoms with Gasteiger partial charge in [-0.15, -0.1) is 0 Å². The van der Waals surface area contributed by atoms with Gasteiger partial charge >= 0.3 is 0 Å². The Hall–Kier alpha value is -7.16. The summed E-state index contributed by atoms with van der Waals surface area (Å²) in [6.45, 7) is 0. The van der Waals surface area contributed by atoms with Gasteiger partial charge < -0.3 is 9.32 Å². The van der Waals surface area contributed by atoms with E-state index in [0.717, 1.165) is 61.3 Å². The van der Waals surface area contributed by atoms with Crippen molar-refractivity contribution in [3.8, 4) is 44.5 Å². The molecule has 2 heteroatoms. The van der Waals surface area contributed by atoms with Crippen LogP contribution < -0.4 is 4.90 Å². The highest BCUT2D eigenvalue weighted by Gasteiger charge is 2.25. The SMILES string of the molecule is c1ccc(-c2cccc(N(c3ccccc3-c3ccccc3-c3ccccc3)c3ccc(-c4ccc5ccccc5c4)c4oc5ccccc5c34)c2)cc1. The van der Waals surface area contributed by atoms with Crippen molar-refractivity contribution in [1.29, 1.82) is 0 Å². The van der Waals surface area contributed by atoms with Crippen molar-refractivity contribution in [2.24, 2.45) is 0 Å². The number of hydrogen-bond acceptors (Lipinski definition) is 2. The molecule has 0 saturated carbocycles. The molecule has 0 spiro atoms. The Balaban J connectivity index is 1.26. The summed E-state index contributed by atoms with van der Waals surface area (Å²) < 4.78 is 6.87. The molecule has 1 heterocycles. The van der Waals surface area contributed by atoms with Crippen molar-refractivity contribution in [1.82, 2.24) is 0 Å². The lowest BCUT2D eigenvalue weighted by Gasteiger charge is -2.29. The lowest BCUT2D eigenvalue weighted by molar-refractivity contribution is 0.670. The second-order valence-electron chi connectivity index (χ2n) is 13.7. The zero-order valence-corrected chi connectivity index (χ0v) is 29.6. The van der Waals surface area contributed by atoms with E-state index in [9.17, 15) is 0 Å². The summed E-state index contributed by atoms with van der Waals surface area (Å²) in [4.78, 5) is 2.43. The molecule has 0 N–H and O–H groups in total. The molecule has 2 nitrogen and oxygen atoms in total. The summed E-state index contributed by atoms with van der Waals surface area (Å²) in [5.41, 5.74) is 14.1. The number of hydrogen-bond donors (Lipinski definition) is 0. The minimum Gasteiger partial charge on any atom is -0.455 e. The molecule has 10 aromatic rings. The van der Waals surface area contributed by atoms with Crippen molar-refractivity contribution >= 4 is 49.8 Å². The molecule has 0 saturated heterocycles. The van der Waals surface area contributed by atoms with E-state index < -0.39 is 0 Å². The fourth-order valence-electron chi connectivity index (χ4n) is 7.93. The van der Waals surface area contributed by atoms with Gasteiger partial charge in [-0.25, -0.2) is 0 Å². The Morgan fingerprint density at radius 3 is 1.81 bits per heavy atom. The van der Waals surface area contributed by atoms with E-state index in [4.69, 9.17) is 4.42 Å². The number of rotatable bonds is 7. The number of benzene rings is 9. The maximum absolute atomic E-state index is 6.87. The van der Waals surface area contributed by atoms with Crippen molar-refractivity contribution in [2.45, 2.75) is 0 Å². The first kappa shape index (κ1) is 31.6. The molecule has 0 aliphatic rings. The van der Waals surface area contributed by atoms with Gasteiger partial charge in [0.15, 0.2) is 0 Å². The fourth-order valence-corrected chi connectivity index (χ4v) is 7.93. The largest absolute Gasteiger partial charge is 0.455 e. The van der Waals surface area contributed by atoms with Crippen LogP contribution in [0.3, 0.4) is 0 Å². The van der Waals surface area contributed by atoms with Gasteiger partial charge in [-0.1, -0.05) is 170 Å². The van der Waals surface area contributed by atoms with Crippen LogP contribution >= 0.6 is 0 Å². The van der Waals surface area contributed by atoms with Crippen molar-refractivity contribution in [3.05, 3.63) is 212 Å². The molecule has 254 valence electrons. The second-order valence-corrected chi connectivity index (χ2v) is 13.7. The molecular formula is C52H35NO. The van der Waals surface area contributed by atoms with Crippen LogP contribution in [0, 0.1) is 0 Å². The smallest absolute Gasteiger partial charge is 0.145 e. The van der Waals surface area contributed by atoms with Crippen LogP contribution in [0.25, 0.3) is 77.2 Å². The van der Waals surface area contributed by atoms with Crippen molar-refractivity contribution in [3.63, 3.8) is 0 Å². The second kappa shape index (κ2) is 13.4. The molecule has 10 rings (SSSR count). The zero-order valence-electron chi connectivity index (χ0n) is 29.6. The van der Waals surface area contributed by atoms with Gasteiger partial charge in [0.05, 0.1) is 16.8 Å². The topological polar surface area (TPSA) is 16.4 Å². The Morgan fingerprint density at radius 2 is 0.981 bits per heavy atom. The minimum absolute atomic E-state index is 0.864. The summed E-state index contributed by atoms with van der Waals surface area (Å²) in [6.07, 6.45) is 0. The monoisotopic (exact) mass is 689 g/mol. The highest BCUT2D eigenvalue weighted by atomic mass is 16.3. The lowest BCUT2D eigenvalue weighted by Crippen LogP contribution is -2.12. The summed E-state index contributed by atoms with van der Waals surface area (Å²) in [5.74, 6) is 0. The van der Waals surface area contributed by atoms with Crippen LogP contribution in [-0.4, -0.2) is 0 Å². The Morgan fingerprint density at radius 1 is 0.333 bits per heavy atom. The molecule has 54 heavy (non-hydrogen) atoms. The Kier molecular flexibility index (Phi) is 7.85. The maximum Gasteiger partial charge on any atom is 0.145 e. The molecular weight excluding hydrogens is 655 g/mol. The van der Waals surface area contributed by atoms with Gasteiger partial charge in [0, 0.05) is 22.2 Å². The fraction of sp³-hybridized carbons (Fsp3) is 0. The van der Waals surface area contributed by atoms with Crippen LogP contribution in [0.5, 0.6) is 0 Å². The highest BCUT2D eigenvalue weighted by molar-refractivity contribution is 6.18. The van der Waals surface area contributed by atoms with Crippen LogP contribution in [-0.2, 0) is 0 Å². The Labute approximate surface area is 314 Å². The molecule has 0 amide bonds. The average molecular weight is 690 g/mol. The third kappa shape index (κ3) is 5.53. The highest BCUT2D eigenvalue weighted by Crippen LogP contribution is 2.49. The average Bonchev–Trinajstić information content (AvgIpc) is 3.65. The maximum atomic E-state index is 6.87. The lowest BCUT2D eigenvalue weighted by atomic mass is 9.92. The number of nitrogens with zero attached hydrogens (tertiary/aromatic N) is 1. The number of anilines is 3. The quantitative estimate of drug-likeness (QED) is 0.166. The molecule has 0 unspecified atom stereocenters. The van der Waals surface area contributed by atoms with E-state index in [1.165, 1.54) is 33.0 Å². The molecule has 0 radical (unpaired) electrons. The van der Waals surface area contributed by atoms with Crippen LogP contribution in [0.15, 0.2) is 217 Å². The van der Waals surface area contributed by atoms with Crippen LogP contribution in [0.4, 0.5) is 17.1 Å². The van der Waals surface area contributed by atoms with Gasteiger partial charge in [-0.2, -0.15) is 0 Å². The van der Waals surface area contributed by atoms with E-state index in [0.29, 0.717) is 0 Å². The minimum atomic E-state index is 0.864. The Bertz CT molecular complexity index is 2940. The number of furan rings is 1. The molecule has 0 aliphatic carbocycles. The third-order valence-electron chi connectivity index (χ3n) is 10.5. The van der Waals surface area contributed by atoms with Crippen molar-refractivity contribution < 1.29 is 4.42 Å². The van der Waals surface area contributed by atoms with E-state index in [1.54, 1.807) is 0 Å². The summed E-state index contributed by atoms with van der Waals surface area (Å²) >= 11 is 0.